The number of nitrogens with zero attached hydrogens (tertiary/aromatic N) is 1. The number of nitrogens with two attached hydrogens (primary N) is 1. The fourth-order valence-electron chi connectivity index (χ4n) is 1.73. The van der Waals surface area contributed by atoms with Crippen molar-refractivity contribution in [3.05, 3.63) is 29.3 Å². The van der Waals surface area contributed by atoms with E-state index in [1.54, 1.807) is 11.0 Å². The van der Waals surface area contributed by atoms with Crippen LogP contribution in [0.1, 0.15) is 36.2 Å². The lowest BCUT2D eigenvalue weighted by Gasteiger charge is -2.19. The zero-order chi connectivity index (χ0) is 13.7. The number of benzene rings is 1. The van der Waals surface area contributed by atoms with Crippen LogP contribution in [0, 0.1) is 12.8 Å². The molecule has 1 aromatic rings. The normalized spacial score (nSPS) is 10.6. The Morgan fingerprint density at radius 2 is 2.11 bits per heavy atom. The minimum atomic E-state index is 0.0577. The third-order valence-electron chi connectivity index (χ3n) is 3.02. The molecule has 0 radical (unpaired) electrons. The maximum Gasteiger partial charge on any atom is 0.253 e. The van der Waals surface area contributed by atoms with E-state index in [-0.39, 0.29) is 5.91 Å². The molecule has 0 bridgehead atoms. The number of nitrogen functional groups attached to an aromatic ring is 1. The van der Waals surface area contributed by atoms with Crippen molar-refractivity contribution in [3.8, 4) is 0 Å². The van der Waals surface area contributed by atoms with Crippen molar-refractivity contribution in [3.63, 3.8) is 0 Å². The number of hydrazine groups is 1. The highest BCUT2D eigenvalue weighted by atomic mass is 16.2. The van der Waals surface area contributed by atoms with E-state index in [4.69, 9.17) is 5.84 Å². The Morgan fingerprint density at radius 1 is 1.44 bits per heavy atom. The van der Waals surface area contributed by atoms with Crippen LogP contribution in [-0.4, -0.2) is 24.4 Å². The van der Waals surface area contributed by atoms with Gasteiger partial charge in [0.2, 0.25) is 0 Å². The molecule has 3 N–H and O–H groups in total. The van der Waals surface area contributed by atoms with Crippen LogP contribution in [0.25, 0.3) is 0 Å². The van der Waals surface area contributed by atoms with Gasteiger partial charge in [-0.1, -0.05) is 13.8 Å². The van der Waals surface area contributed by atoms with Crippen LogP contribution in [0.15, 0.2) is 18.2 Å². The fraction of sp³-hybridized carbons (Fsp3) is 0.500. The number of hydrogen-bond donors (Lipinski definition) is 2. The molecule has 0 atom stereocenters. The summed E-state index contributed by atoms with van der Waals surface area (Å²) >= 11 is 0. The first kappa shape index (κ1) is 14.5. The van der Waals surface area contributed by atoms with Crippen LogP contribution in [0.5, 0.6) is 0 Å². The summed E-state index contributed by atoms with van der Waals surface area (Å²) in [4.78, 5) is 14.0. The molecule has 18 heavy (non-hydrogen) atoms. The molecule has 0 spiro atoms. The van der Waals surface area contributed by atoms with Crippen LogP contribution < -0.4 is 11.3 Å². The lowest BCUT2D eigenvalue weighted by molar-refractivity contribution is 0.0789. The molecule has 0 saturated heterocycles. The number of rotatable bonds is 5. The Kier molecular flexibility index (Phi) is 5.16. The third kappa shape index (κ3) is 3.74. The molecule has 100 valence electrons. The number of amides is 1. The lowest BCUT2D eigenvalue weighted by Crippen LogP contribution is -2.28. The molecule has 0 heterocycles. The Bertz CT molecular complexity index is 416. The predicted octanol–water partition coefficient (Wildman–Crippen LogP) is 2.40. The van der Waals surface area contributed by atoms with Crippen LogP contribution in [0.3, 0.4) is 0 Å². The summed E-state index contributed by atoms with van der Waals surface area (Å²) in [7, 11) is 1.84. The molecule has 4 heteroatoms. The topological polar surface area (TPSA) is 58.4 Å². The van der Waals surface area contributed by atoms with E-state index >= 15 is 0 Å². The highest BCUT2D eigenvalue weighted by Gasteiger charge is 2.12. The Balaban J connectivity index is 2.74. The van der Waals surface area contributed by atoms with Gasteiger partial charge in [0.1, 0.15) is 0 Å². The van der Waals surface area contributed by atoms with Crippen molar-refractivity contribution in [2.24, 2.45) is 11.8 Å². The molecule has 1 rings (SSSR count). The smallest absolute Gasteiger partial charge is 0.253 e. The number of aryl methyl sites for hydroxylation is 1. The second kappa shape index (κ2) is 6.40. The molecular formula is C14H23N3O. The van der Waals surface area contributed by atoms with E-state index in [9.17, 15) is 4.79 Å². The average molecular weight is 249 g/mol. The molecular weight excluding hydrogens is 226 g/mol. The minimum Gasteiger partial charge on any atom is -0.342 e. The number of hydrogen-bond acceptors (Lipinski definition) is 3. The molecule has 0 fully saturated rings. The molecule has 0 aliphatic heterocycles. The Hall–Kier alpha value is -1.55. The van der Waals surface area contributed by atoms with E-state index in [2.05, 4.69) is 19.3 Å². The molecule has 1 aromatic carbocycles. The molecule has 0 unspecified atom stereocenters. The van der Waals surface area contributed by atoms with Gasteiger partial charge in [0.15, 0.2) is 0 Å². The van der Waals surface area contributed by atoms with E-state index in [1.165, 1.54) is 0 Å². The average Bonchev–Trinajstić information content (AvgIpc) is 2.34. The molecule has 0 aromatic heterocycles. The van der Waals surface area contributed by atoms with Crippen LogP contribution >= 0.6 is 0 Å². The van der Waals surface area contributed by atoms with Crippen molar-refractivity contribution >= 4 is 11.6 Å². The van der Waals surface area contributed by atoms with Crippen molar-refractivity contribution in [1.29, 1.82) is 0 Å². The van der Waals surface area contributed by atoms with Crippen LogP contribution in [0.2, 0.25) is 0 Å². The van der Waals surface area contributed by atoms with Gasteiger partial charge >= 0.3 is 0 Å². The Labute approximate surface area is 109 Å². The molecule has 0 saturated carbocycles. The number of anilines is 1. The summed E-state index contributed by atoms with van der Waals surface area (Å²) in [5.41, 5.74) is 5.13. The molecule has 1 amide bonds. The van der Waals surface area contributed by atoms with Gasteiger partial charge in [0.25, 0.3) is 5.91 Å². The van der Waals surface area contributed by atoms with Gasteiger partial charge in [0.05, 0.1) is 5.69 Å². The van der Waals surface area contributed by atoms with E-state index < -0.39 is 0 Å². The molecule has 0 aliphatic rings. The fourth-order valence-corrected chi connectivity index (χ4v) is 1.73. The van der Waals surface area contributed by atoms with Crippen LogP contribution in [0.4, 0.5) is 5.69 Å². The van der Waals surface area contributed by atoms with Gasteiger partial charge in [-0.25, -0.2) is 0 Å². The number of carbonyl (C=O) groups is 1. The van der Waals surface area contributed by atoms with Crippen LogP contribution in [-0.2, 0) is 0 Å². The SMILES string of the molecule is Cc1cc(C(=O)N(C)CCC(C)C)ccc1NN. The highest BCUT2D eigenvalue weighted by molar-refractivity contribution is 5.94. The molecule has 4 nitrogen and oxygen atoms in total. The number of nitrogens with one attached hydrogen (secondary N) is 1. The van der Waals surface area contributed by atoms with Gasteiger partial charge in [-0.05, 0) is 43.0 Å². The van der Waals surface area contributed by atoms with Gasteiger partial charge in [-0.2, -0.15) is 0 Å². The highest BCUT2D eigenvalue weighted by Crippen LogP contribution is 2.16. The second-order valence-corrected chi connectivity index (χ2v) is 5.08. The number of carbonyl (C=O) groups excluding carboxylic acids is 1. The summed E-state index contributed by atoms with van der Waals surface area (Å²) in [6.45, 7) is 7.03. The zero-order valence-electron chi connectivity index (χ0n) is 11.7. The van der Waals surface area contributed by atoms with Crippen molar-refractivity contribution < 1.29 is 4.79 Å². The zero-order valence-corrected chi connectivity index (χ0v) is 11.7. The van der Waals surface area contributed by atoms with Crippen molar-refractivity contribution in [2.75, 3.05) is 19.0 Å². The van der Waals surface area contributed by atoms with Gasteiger partial charge in [-0.15, -0.1) is 0 Å². The van der Waals surface area contributed by atoms with E-state index in [0.29, 0.717) is 11.5 Å². The summed E-state index contributed by atoms with van der Waals surface area (Å²) in [6, 6.07) is 5.50. The monoisotopic (exact) mass is 249 g/mol. The summed E-state index contributed by atoms with van der Waals surface area (Å²) in [5, 5.41) is 0. The maximum absolute atomic E-state index is 12.2. The molecule has 0 aliphatic carbocycles. The van der Waals surface area contributed by atoms with Gasteiger partial charge < -0.3 is 10.3 Å². The quantitative estimate of drug-likeness (QED) is 0.622. The van der Waals surface area contributed by atoms with Gasteiger partial charge in [-0.3, -0.25) is 10.6 Å². The minimum absolute atomic E-state index is 0.0577. The third-order valence-corrected chi connectivity index (χ3v) is 3.02. The van der Waals surface area contributed by atoms with Crippen molar-refractivity contribution in [2.45, 2.75) is 27.2 Å². The summed E-state index contributed by atoms with van der Waals surface area (Å²) in [5.74, 6) is 6.03. The Morgan fingerprint density at radius 3 is 2.61 bits per heavy atom. The first-order valence-corrected chi connectivity index (χ1v) is 6.28. The summed E-state index contributed by atoms with van der Waals surface area (Å²) < 4.78 is 0. The second-order valence-electron chi connectivity index (χ2n) is 5.08. The standard InChI is InChI=1S/C14H23N3O/c1-10(2)7-8-17(4)14(18)12-5-6-13(16-15)11(3)9-12/h5-6,9-10,16H,7-8,15H2,1-4H3. The van der Waals surface area contributed by atoms with E-state index in [1.807, 2.05) is 26.1 Å². The largest absolute Gasteiger partial charge is 0.342 e. The predicted molar refractivity (Wildman–Crippen MR) is 75.4 cm³/mol. The first-order valence-electron chi connectivity index (χ1n) is 6.28. The first-order chi connectivity index (χ1) is 8.45. The van der Waals surface area contributed by atoms with Crippen molar-refractivity contribution in [1.82, 2.24) is 4.90 Å². The van der Waals surface area contributed by atoms with E-state index in [0.717, 1.165) is 24.2 Å². The van der Waals surface area contributed by atoms with Gasteiger partial charge in [0, 0.05) is 19.2 Å². The maximum atomic E-state index is 12.2. The summed E-state index contributed by atoms with van der Waals surface area (Å²) in [6.07, 6.45) is 1.02. The lowest BCUT2D eigenvalue weighted by atomic mass is 10.1.